The van der Waals surface area contributed by atoms with Crippen molar-refractivity contribution >= 4 is 0 Å². The van der Waals surface area contributed by atoms with Crippen LogP contribution in [-0.2, 0) is 0 Å². The fourth-order valence-electron chi connectivity index (χ4n) is 2.42. The van der Waals surface area contributed by atoms with E-state index >= 15 is 0 Å². The third kappa shape index (κ3) is 4.06. The smallest absolute Gasteiger partial charge is 0.0271 e. The first-order chi connectivity index (χ1) is 7.43. The summed E-state index contributed by atoms with van der Waals surface area (Å²) in [7, 11) is 4.32. The highest BCUT2D eigenvalue weighted by atomic mass is 15.2. The van der Waals surface area contributed by atoms with Crippen LogP contribution in [0.15, 0.2) is 0 Å². The predicted molar refractivity (Wildman–Crippen MR) is 71.8 cm³/mol. The molecule has 0 amide bonds. The van der Waals surface area contributed by atoms with Gasteiger partial charge in [0, 0.05) is 12.1 Å². The van der Waals surface area contributed by atoms with Crippen molar-refractivity contribution in [2.24, 2.45) is 11.8 Å². The maximum absolute atomic E-state index is 3.67. The van der Waals surface area contributed by atoms with Crippen LogP contribution in [0.4, 0.5) is 0 Å². The number of hydrogen-bond acceptors (Lipinski definition) is 2. The molecule has 0 aromatic heterocycles. The van der Waals surface area contributed by atoms with Crippen LogP contribution in [0, 0.1) is 11.8 Å². The second-order valence-corrected chi connectivity index (χ2v) is 6.36. The summed E-state index contributed by atoms with van der Waals surface area (Å²) < 4.78 is 0. The normalized spacial score (nSPS) is 27.4. The Morgan fingerprint density at radius 3 is 2.38 bits per heavy atom. The van der Waals surface area contributed by atoms with Crippen LogP contribution in [0.1, 0.15) is 46.5 Å². The largest absolute Gasteiger partial charge is 0.315 e. The van der Waals surface area contributed by atoms with Crippen LogP contribution < -0.4 is 5.32 Å². The summed E-state index contributed by atoms with van der Waals surface area (Å²) in [5, 5.41) is 3.67. The van der Waals surface area contributed by atoms with Gasteiger partial charge in [0.2, 0.25) is 0 Å². The molecule has 2 nitrogen and oxygen atoms in total. The molecular formula is C14H30N2. The van der Waals surface area contributed by atoms with Crippen molar-refractivity contribution in [3.05, 3.63) is 0 Å². The Balaban J connectivity index is 2.24. The molecule has 96 valence electrons. The van der Waals surface area contributed by atoms with E-state index in [1.54, 1.807) is 0 Å². The quantitative estimate of drug-likeness (QED) is 0.775. The summed E-state index contributed by atoms with van der Waals surface area (Å²) in [5.41, 5.74) is 0.262. The summed E-state index contributed by atoms with van der Waals surface area (Å²) in [4.78, 5) is 2.30. The fourth-order valence-corrected chi connectivity index (χ4v) is 2.42. The number of nitrogens with zero attached hydrogens (tertiary/aromatic N) is 1. The molecule has 0 bridgehead atoms. The van der Waals surface area contributed by atoms with Crippen molar-refractivity contribution in [2.75, 3.05) is 27.2 Å². The van der Waals surface area contributed by atoms with Crippen LogP contribution in [0.25, 0.3) is 0 Å². The van der Waals surface area contributed by atoms with Gasteiger partial charge < -0.3 is 10.2 Å². The first-order valence-corrected chi connectivity index (χ1v) is 6.81. The molecular weight excluding hydrogens is 196 g/mol. The Hall–Kier alpha value is -0.0800. The molecule has 0 aromatic rings. The average Bonchev–Trinajstić information content (AvgIpc) is 2.20. The zero-order valence-corrected chi connectivity index (χ0v) is 11.8. The van der Waals surface area contributed by atoms with Crippen molar-refractivity contribution in [3.8, 4) is 0 Å². The summed E-state index contributed by atoms with van der Waals surface area (Å²) in [6.07, 6.45) is 5.74. The lowest BCUT2D eigenvalue weighted by Gasteiger charge is -2.35. The van der Waals surface area contributed by atoms with E-state index in [0.29, 0.717) is 0 Å². The van der Waals surface area contributed by atoms with Crippen LogP contribution >= 0.6 is 0 Å². The topological polar surface area (TPSA) is 15.3 Å². The Morgan fingerprint density at radius 1 is 1.19 bits per heavy atom. The Kier molecular flexibility index (Phi) is 5.26. The van der Waals surface area contributed by atoms with Crippen LogP contribution in [0.3, 0.4) is 0 Å². The van der Waals surface area contributed by atoms with Crippen LogP contribution in [0.5, 0.6) is 0 Å². The van der Waals surface area contributed by atoms with Gasteiger partial charge in [-0.25, -0.2) is 0 Å². The zero-order valence-electron chi connectivity index (χ0n) is 11.8. The van der Waals surface area contributed by atoms with E-state index in [1.165, 1.54) is 32.2 Å². The first kappa shape index (κ1) is 14.0. The molecule has 16 heavy (non-hydrogen) atoms. The van der Waals surface area contributed by atoms with Gasteiger partial charge in [-0.1, -0.05) is 26.2 Å². The van der Waals surface area contributed by atoms with Crippen LogP contribution in [-0.4, -0.2) is 37.6 Å². The molecule has 1 rings (SSSR count). The number of nitrogens with one attached hydrogen (secondary N) is 1. The number of rotatable bonds is 5. The maximum Gasteiger partial charge on any atom is 0.0271 e. The minimum atomic E-state index is 0.262. The van der Waals surface area contributed by atoms with Gasteiger partial charge in [0.05, 0.1) is 0 Å². The van der Waals surface area contributed by atoms with Crippen molar-refractivity contribution in [1.82, 2.24) is 10.2 Å². The Bertz CT molecular complexity index is 199. The molecule has 1 fully saturated rings. The average molecular weight is 226 g/mol. The number of hydrogen-bond donors (Lipinski definition) is 1. The molecule has 0 aromatic carbocycles. The molecule has 1 aliphatic rings. The lowest BCUT2D eigenvalue weighted by molar-refractivity contribution is 0.177. The van der Waals surface area contributed by atoms with Crippen molar-refractivity contribution in [3.63, 3.8) is 0 Å². The highest BCUT2D eigenvalue weighted by molar-refractivity contribution is 4.81. The summed E-state index contributed by atoms with van der Waals surface area (Å²) >= 11 is 0. The lowest BCUT2D eigenvalue weighted by atomic mass is 9.80. The molecule has 2 heteroatoms. The third-order valence-corrected chi connectivity index (χ3v) is 4.46. The minimum Gasteiger partial charge on any atom is -0.315 e. The molecule has 0 saturated heterocycles. The van der Waals surface area contributed by atoms with Gasteiger partial charge in [-0.15, -0.1) is 0 Å². The Morgan fingerprint density at radius 2 is 1.81 bits per heavy atom. The van der Waals surface area contributed by atoms with Crippen molar-refractivity contribution in [2.45, 2.75) is 52.0 Å². The van der Waals surface area contributed by atoms with E-state index in [2.05, 4.69) is 45.1 Å². The zero-order chi connectivity index (χ0) is 12.2. The van der Waals surface area contributed by atoms with Gasteiger partial charge in [-0.3, -0.25) is 0 Å². The highest BCUT2D eigenvalue weighted by Gasteiger charge is 2.23. The lowest BCUT2D eigenvalue weighted by Crippen LogP contribution is -2.48. The monoisotopic (exact) mass is 226 g/mol. The minimum absolute atomic E-state index is 0.262. The second kappa shape index (κ2) is 6.02. The summed E-state index contributed by atoms with van der Waals surface area (Å²) in [5.74, 6) is 1.83. The molecule has 2 unspecified atom stereocenters. The first-order valence-electron chi connectivity index (χ1n) is 6.81. The second-order valence-electron chi connectivity index (χ2n) is 6.36. The maximum atomic E-state index is 3.67. The Labute approximate surface area is 102 Å². The van der Waals surface area contributed by atoms with Gasteiger partial charge in [0.25, 0.3) is 0 Å². The molecule has 1 N–H and O–H groups in total. The molecule has 1 saturated carbocycles. The molecule has 0 aliphatic heterocycles. The van der Waals surface area contributed by atoms with Gasteiger partial charge in [-0.05, 0) is 52.7 Å². The van der Waals surface area contributed by atoms with E-state index in [-0.39, 0.29) is 5.54 Å². The fraction of sp³-hybridized carbons (Fsp3) is 1.00. The van der Waals surface area contributed by atoms with E-state index in [1.807, 2.05) is 0 Å². The van der Waals surface area contributed by atoms with Gasteiger partial charge in [0.1, 0.15) is 0 Å². The third-order valence-electron chi connectivity index (χ3n) is 4.46. The van der Waals surface area contributed by atoms with Gasteiger partial charge in [-0.2, -0.15) is 0 Å². The van der Waals surface area contributed by atoms with E-state index in [0.717, 1.165) is 18.4 Å². The molecule has 0 spiro atoms. The van der Waals surface area contributed by atoms with Crippen molar-refractivity contribution in [1.29, 1.82) is 0 Å². The molecule has 1 aliphatic carbocycles. The molecule has 0 heterocycles. The molecule has 2 atom stereocenters. The van der Waals surface area contributed by atoms with E-state index in [4.69, 9.17) is 0 Å². The molecule has 0 radical (unpaired) electrons. The van der Waals surface area contributed by atoms with Gasteiger partial charge in [0.15, 0.2) is 0 Å². The van der Waals surface area contributed by atoms with E-state index < -0.39 is 0 Å². The van der Waals surface area contributed by atoms with Crippen LogP contribution in [0.2, 0.25) is 0 Å². The summed E-state index contributed by atoms with van der Waals surface area (Å²) in [6, 6.07) is 0. The predicted octanol–water partition coefficient (Wildman–Crippen LogP) is 2.74. The van der Waals surface area contributed by atoms with E-state index in [9.17, 15) is 0 Å². The number of likely N-dealkylation sites (N-methyl/N-ethyl adjacent to an activating group) is 1. The SMILES string of the molecule is CC1CCCCC1CNCC(C)(C)N(C)C. The standard InChI is InChI=1S/C14H30N2/c1-12-8-6-7-9-13(12)10-15-11-14(2,3)16(4)5/h12-13,15H,6-11H2,1-5H3. The van der Waals surface area contributed by atoms with Crippen molar-refractivity contribution < 1.29 is 0 Å². The van der Waals surface area contributed by atoms with Gasteiger partial charge >= 0.3 is 0 Å². The summed E-state index contributed by atoms with van der Waals surface area (Å²) in [6.45, 7) is 9.30. The highest BCUT2D eigenvalue weighted by Crippen LogP contribution is 2.28.